The topological polar surface area (TPSA) is 82.0 Å². The number of rotatable bonds is 6. The van der Waals surface area contributed by atoms with Crippen molar-refractivity contribution in [1.29, 1.82) is 0 Å². The van der Waals surface area contributed by atoms with Gasteiger partial charge in [0.05, 0.1) is 12.3 Å². The summed E-state index contributed by atoms with van der Waals surface area (Å²) in [6, 6.07) is 9.43. The average molecular weight is 462 g/mol. The fourth-order valence-electron chi connectivity index (χ4n) is 3.29. The highest BCUT2D eigenvalue weighted by atomic mass is 19.4. The van der Waals surface area contributed by atoms with Crippen LogP contribution >= 0.6 is 0 Å². The van der Waals surface area contributed by atoms with E-state index in [1.54, 1.807) is 19.9 Å². The number of H-pyrrole nitrogens is 1. The van der Waals surface area contributed by atoms with Crippen molar-refractivity contribution >= 4 is 11.0 Å². The maximum absolute atomic E-state index is 13.8. The molecule has 33 heavy (non-hydrogen) atoms. The Kier molecular flexibility index (Phi) is 5.79. The number of halogens is 4. The molecule has 0 spiro atoms. The second-order valence-electron chi connectivity index (χ2n) is 7.42. The quantitative estimate of drug-likeness (QED) is 0.426. The van der Waals surface area contributed by atoms with Gasteiger partial charge in [-0.15, -0.1) is 13.2 Å². The van der Waals surface area contributed by atoms with E-state index in [9.17, 15) is 22.4 Å². The van der Waals surface area contributed by atoms with E-state index in [1.807, 2.05) is 0 Å². The molecule has 0 amide bonds. The van der Waals surface area contributed by atoms with Gasteiger partial charge in [0.2, 0.25) is 0 Å². The lowest BCUT2D eigenvalue weighted by molar-refractivity contribution is -0.274. The molecule has 172 valence electrons. The van der Waals surface area contributed by atoms with Gasteiger partial charge in [0, 0.05) is 18.1 Å². The average Bonchev–Trinajstić information content (AvgIpc) is 3.12. The first-order chi connectivity index (χ1) is 15.6. The second kappa shape index (κ2) is 8.57. The zero-order valence-electron chi connectivity index (χ0n) is 17.5. The summed E-state index contributed by atoms with van der Waals surface area (Å²) in [5, 5.41) is 4.35. The number of aromatic amines is 1. The van der Waals surface area contributed by atoms with E-state index in [0.29, 0.717) is 5.69 Å². The second-order valence-corrected chi connectivity index (χ2v) is 7.42. The van der Waals surface area contributed by atoms with Crippen molar-refractivity contribution in [2.45, 2.75) is 32.7 Å². The number of alkyl halides is 3. The summed E-state index contributed by atoms with van der Waals surface area (Å²) in [6.45, 7) is 3.55. The summed E-state index contributed by atoms with van der Waals surface area (Å²) in [5.41, 5.74) is 0.144. The molecule has 0 unspecified atom stereocenters. The van der Waals surface area contributed by atoms with E-state index < -0.39 is 23.5 Å². The molecule has 0 saturated heterocycles. The van der Waals surface area contributed by atoms with E-state index >= 15 is 0 Å². The molecule has 0 radical (unpaired) electrons. The Balaban J connectivity index is 1.79. The number of nitrogens with one attached hydrogen (secondary N) is 1. The lowest BCUT2D eigenvalue weighted by Gasteiger charge is -2.15. The summed E-state index contributed by atoms with van der Waals surface area (Å²) in [6.07, 6.45) is -3.96. The minimum atomic E-state index is -4.87. The molecule has 0 fully saturated rings. The molecule has 0 saturated carbocycles. The van der Waals surface area contributed by atoms with E-state index in [0.717, 1.165) is 0 Å². The van der Waals surface area contributed by atoms with E-state index in [-0.39, 0.29) is 40.7 Å². The Morgan fingerprint density at radius 2 is 1.88 bits per heavy atom. The van der Waals surface area contributed by atoms with Crippen molar-refractivity contribution in [3.05, 3.63) is 76.2 Å². The third kappa shape index (κ3) is 4.97. The van der Waals surface area contributed by atoms with Gasteiger partial charge in [-0.3, -0.25) is 4.79 Å². The van der Waals surface area contributed by atoms with Crippen LogP contribution in [0.1, 0.15) is 25.2 Å². The Morgan fingerprint density at radius 1 is 1.12 bits per heavy atom. The Hall–Kier alpha value is -3.89. The Morgan fingerprint density at radius 3 is 2.61 bits per heavy atom. The number of nitrogens with zero attached hydrogens (tertiary/aromatic N) is 3. The van der Waals surface area contributed by atoms with Gasteiger partial charge in [-0.2, -0.15) is 5.10 Å². The normalized spacial score (nSPS) is 11.8. The molecule has 0 aliphatic rings. The van der Waals surface area contributed by atoms with Gasteiger partial charge in [0.1, 0.15) is 34.2 Å². The standard InChI is InChI=1S/C22H18F4N4O3/c1-12(2)32-18-10-14(23)7-8-16(18)30-20-15(11-27-30)21(31)29-19(28-20)9-13-5-3-4-6-17(13)33-22(24,25)26/h3-8,10-12H,9H2,1-2H3,(H,28,29,31). The molecule has 4 rings (SSSR count). The van der Waals surface area contributed by atoms with Gasteiger partial charge in [0.15, 0.2) is 5.65 Å². The van der Waals surface area contributed by atoms with Crippen LogP contribution in [0.5, 0.6) is 11.5 Å². The Bertz CT molecular complexity index is 1360. The van der Waals surface area contributed by atoms with Gasteiger partial charge in [-0.1, -0.05) is 18.2 Å². The molecular formula is C22H18F4N4O3. The van der Waals surface area contributed by atoms with Gasteiger partial charge in [0.25, 0.3) is 5.56 Å². The summed E-state index contributed by atoms with van der Waals surface area (Å²) in [7, 11) is 0. The van der Waals surface area contributed by atoms with Gasteiger partial charge < -0.3 is 14.5 Å². The van der Waals surface area contributed by atoms with Crippen molar-refractivity contribution in [3.63, 3.8) is 0 Å². The van der Waals surface area contributed by atoms with E-state index in [2.05, 4.69) is 19.8 Å². The summed E-state index contributed by atoms with van der Waals surface area (Å²) in [4.78, 5) is 19.6. The van der Waals surface area contributed by atoms with Gasteiger partial charge >= 0.3 is 6.36 Å². The van der Waals surface area contributed by atoms with Crippen LogP contribution in [0.15, 0.2) is 53.5 Å². The van der Waals surface area contributed by atoms with Crippen molar-refractivity contribution < 1.29 is 27.0 Å². The lowest BCUT2D eigenvalue weighted by Crippen LogP contribution is -2.18. The van der Waals surface area contributed by atoms with Gasteiger partial charge in [-0.25, -0.2) is 14.1 Å². The van der Waals surface area contributed by atoms with Crippen LogP contribution < -0.4 is 15.0 Å². The van der Waals surface area contributed by atoms with Crippen molar-refractivity contribution in [3.8, 4) is 17.2 Å². The maximum atomic E-state index is 13.8. The van der Waals surface area contributed by atoms with E-state index in [4.69, 9.17) is 4.74 Å². The molecule has 2 heterocycles. The van der Waals surface area contributed by atoms with Crippen molar-refractivity contribution in [1.82, 2.24) is 19.7 Å². The first-order valence-electron chi connectivity index (χ1n) is 9.88. The molecule has 4 aromatic rings. The number of ether oxygens (including phenoxy) is 2. The third-order valence-electron chi connectivity index (χ3n) is 4.56. The maximum Gasteiger partial charge on any atom is 0.573 e. The molecular weight excluding hydrogens is 444 g/mol. The van der Waals surface area contributed by atoms with Gasteiger partial charge in [-0.05, 0) is 32.0 Å². The fourth-order valence-corrected chi connectivity index (χ4v) is 3.29. The first kappa shape index (κ1) is 22.3. The molecule has 2 aromatic heterocycles. The summed E-state index contributed by atoms with van der Waals surface area (Å²) < 4.78 is 63.1. The predicted molar refractivity (Wildman–Crippen MR) is 111 cm³/mol. The van der Waals surface area contributed by atoms with Crippen LogP contribution in [0, 0.1) is 5.82 Å². The lowest BCUT2D eigenvalue weighted by atomic mass is 10.1. The van der Waals surface area contributed by atoms with E-state index in [1.165, 1.54) is 47.3 Å². The minimum absolute atomic E-state index is 0.0981. The Labute approximate surface area is 184 Å². The molecule has 7 nitrogen and oxygen atoms in total. The van der Waals surface area contributed by atoms with Crippen LogP contribution in [-0.2, 0) is 6.42 Å². The largest absolute Gasteiger partial charge is 0.573 e. The van der Waals surface area contributed by atoms with Crippen LogP contribution in [0.4, 0.5) is 17.6 Å². The first-order valence-corrected chi connectivity index (χ1v) is 9.88. The molecule has 11 heteroatoms. The van der Waals surface area contributed by atoms with Crippen LogP contribution in [0.3, 0.4) is 0 Å². The minimum Gasteiger partial charge on any atom is -0.489 e. The van der Waals surface area contributed by atoms with Crippen molar-refractivity contribution in [2.24, 2.45) is 0 Å². The highest BCUT2D eigenvalue weighted by Gasteiger charge is 2.32. The highest BCUT2D eigenvalue weighted by Crippen LogP contribution is 2.29. The van der Waals surface area contributed by atoms with Crippen LogP contribution in [-0.4, -0.2) is 32.2 Å². The molecule has 0 atom stereocenters. The molecule has 0 bridgehead atoms. The van der Waals surface area contributed by atoms with Crippen LogP contribution in [0.2, 0.25) is 0 Å². The number of fused-ring (bicyclic) bond motifs is 1. The zero-order chi connectivity index (χ0) is 23.8. The summed E-state index contributed by atoms with van der Waals surface area (Å²) in [5.74, 6) is -0.616. The highest BCUT2D eigenvalue weighted by molar-refractivity contribution is 5.76. The monoisotopic (exact) mass is 462 g/mol. The summed E-state index contributed by atoms with van der Waals surface area (Å²) >= 11 is 0. The zero-order valence-corrected chi connectivity index (χ0v) is 17.5. The van der Waals surface area contributed by atoms with Crippen LogP contribution in [0.25, 0.3) is 16.7 Å². The SMILES string of the molecule is CC(C)Oc1cc(F)ccc1-n1ncc2c(=O)[nH]c(Cc3ccccc3OC(F)(F)F)nc21. The molecule has 2 aromatic carbocycles. The number of hydrogen-bond donors (Lipinski definition) is 1. The smallest absolute Gasteiger partial charge is 0.489 e. The third-order valence-corrected chi connectivity index (χ3v) is 4.56. The molecule has 1 N–H and O–H groups in total. The fraction of sp³-hybridized carbons (Fsp3) is 0.227. The predicted octanol–water partition coefficient (Wildman–Crippen LogP) is 4.52. The number of hydrogen-bond acceptors (Lipinski definition) is 5. The molecule has 0 aliphatic carbocycles. The van der Waals surface area contributed by atoms with Crippen molar-refractivity contribution in [2.75, 3.05) is 0 Å². The number of para-hydroxylation sites is 1. The number of benzene rings is 2. The number of aromatic nitrogens is 4. The molecule has 0 aliphatic heterocycles.